The third-order valence-corrected chi connectivity index (χ3v) is 5.89. The van der Waals surface area contributed by atoms with E-state index in [1.807, 2.05) is 30.3 Å². The molecule has 29 heavy (non-hydrogen) atoms. The fourth-order valence-electron chi connectivity index (χ4n) is 4.61. The Morgan fingerprint density at radius 3 is 2.79 bits per heavy atom. The lowest BCUT2D eigenvalue weighted by Crippen LogP contribution is -2.27. The second-order valence-electron chi connectivity index (χ2n) is 7.43. The van der Waals surface area contributed by atoms with Crippen molar-refractivity contribution < 1.29 is 14.3 Å². The van der Waals surface area contributed by atoms with E-state index in [1.165, 1.54) is 0 Å². The van der Waals surface area contributed by atoms with Gasteiger partial charge in [-0.3, -0.25) is 9.78 Å². The molecule has 0 saturated heterocycles. The largest absolute Gasteiger partial charge is 0.497 e. The van der Waals surface area contributed by atoms with Gasteiger partial charge in [-0.15, -0.1) is 0 Å². The first-order valence-corrected chi connectivity index (χ1v) is 9.84. The van der Waals surface area contributed by atoms with E-state index in [1.54, 1.807) is 20.4 Å². The molecule has 2 aliphatic rings. The Morgan fingerprint density at radius 2 is 1.97 bits per heavy atom. The fraction of sp³-hybridized carbons (Fsp3) is 0.250. The van der Waals surface area contributed by atoms with Crippen LogP contribution in [-0.2, 0) is 4.79 Å². The van der Waals surface area contributed by atoms with E-state index in [2.05, 4.69) is 22.4 Å². The third kappa shape index (κ3) is 2.77. The predicted molar refractivity (Wildman–Crippen MR) is 113 cm³/mol. The normalized spacial score (nSPS) is 18.1. The highest BCUT2D eigenvalue weighted by Crippen LogP contribution is 2.50. The molecule has 1 aliphatic heterocycles. The maximum absolute atomic E-state index is 13.1. The van der Waals surface area contributed by atoms with E-state index in [-0.39, 0.29) is 11.7 Å². The van der Waals surface area contributed by atoms with Crippen LogP contribution in [0.3, 0.4) is 0 Å². The van der Waals surface area contributed by atoms with Crippen molar-refractivity contribution in [3.63, 3.8) is 0 Å². The van der Waals surface area contributed by atoms with Gasteiger partial charge >= 0.3 is 0 Å². The fourth-order valence-corrected chi connectivity index (χ4v) is 4.61. The predicted octanol–water partition coefficient (Wildman–Crippen LogP) is 4.82. The molecule has 0 amide bonds. The van der Waals surface area contributed by atoms with Crippen LogP contribution >= 0.6 is 0 Å². The summed E-state index contributed by atoms with van der Waals surface area (Å²) in [6.45, 7) is 0. The number of hydrogen-bond donors (Lipinski definition) is 1. The molecule has 3 aromatic rings. The molecule has 0 radical (unpaired) electrons. The van der Waals surface area contributed by atoms with Gasteiger partial charge in [0.05, 0.1) is 19.7 Å². The molecule has 2 heterocycles. The maximum Gasteiger partial charge on any atom is 0.161 e. The van der Waals surface area contributed by atoms with Crippen molar-refractivity contribution in [1.82, 2.24) is 4.98 Å². The smallest absolute Gasteiger partial charge is 0.161 e. The van der Waals surface area contributed by atoms with Gasteiger partial charge in [-0.05, 0) is 54.8 Å². The number of nitrogens with zero attached hydrogens (tertiary/aromatic N) is 1. The Bertz CT molecular complexity index is 1170. The molecule has 0 spiro atoms. The third-order valence-electron chi connectivity index (χ3n) is 5.89. The lowest BCUT2D eigenvalue weighted by molar-refractivity contribution is -0.116. The zero-order chi connectivity index (χ0) is 20.0. The van der Waals surface area contributed by atoms with Gasteiger partial charge in [-0.1, -0.05) is 6.07 Å². The van der Waals surface area contributed by atoms with Crippen LogP contribution in [0.1, 0.15) is 36.3 Å². The number of anilines is 1. The summed E-state index contributed by atoms with van der Waals surface area (Å²) < 4.78 is 11.2. The van der Waals surface area contributed by atoms with Gasteiger partial charge in [0.2, 0.25) is 0 Å². The van der Waals surface area contributed by atoms with Gasteiger partial charge in [-0.2, -0.15) is 0 Å². The summed E-state index contributed by atoms with van der Waals surface area (Å²) in [5, 5.41) is 4.59. The van der Waals surface area contributed by atoms with Crippen LogP contribution in [0.2, 0.25) is 0 Å². The van der Waals surface area contributed by atoms with E-state index in [9.17, 15) is 4.79 Å². The molecule has 0 bridgehead atoms. The number of benzene rings is 2. The Balaban J connectivity index is 1.86. The van der Waals surface area contributed by atoms with Crippen molar-refractivity contribution in [2.24, 2.45) is 0 Å². The van der Waals surface area contributed by atoms with E-state index in [4.69, 9.17) is 9.47 Å². The highest BCUT2D eigenvalue weighted by Gasteiger charge is 2.37. The molecule has 1 atom stereocenters. The summed E-state index contributed by atoms with van der Waals surface area (Å²) in [5.74, 6) is 1.45. The van der Waals surface area contributed by atoms with Crippen LogP contribution in [0.25, 0.3) is 10.9 Å². The molecule has 0 fully saturated rings. The molecule has 1 aromatic heterocycles. The summed E-state index contributed by atoms with van der Waals surface area (Å²) in [5.41, 5.74) is 5.80. The molecule has 1 aliphatic carbocycles. The standard InChI is InChI=1S/C24H22N2O3/c1-28-14-8-11-21(29-2)16(13-14)23-22-15-5-4-12-25-17(15)9-10-19(22)26-18-6-3-7-20(27)24(18)23/h4-5,8-13,23,26H,3,6-7H2,1-2H3. The van der Waals surface area contributed by atoms with Crippen molar-refractivity contribution in [2.75, 3.05) is 19.5 Å². The van der Waals surface area contributed by atoms with E-state index < -0.39 is 0 Å². The van der Waals surface area contributed by atoms with Crippen molar-refractivity contribution in [3.05, 3.63) is 71.1 Å². The van der Waals surface area contributed by atoms with Crippen LogP contribution < -0.4 is 14.8 Å². The first-order chi connectivity index (χ1) is 14.2. The zero-order valence-corrected chi connectivity index (χ0v) is 16.5. The number of methoxy groups -OCH3 is 2. The van der Waals surface area contributed by atoms with E-state index >= 15 is 0 Å². The monoisotopic (exact) mass is 386 g/mol. The Labute approximate surface area is 169 Å². The van der Waals surface area contributed by atoms with Crippen LogP contribution in [0.5, 0.6) is 11.5 Å². The van der Waals surface area contributed by atoms with Gasteiger partial charge in [0, 0.05) is 46.4 Å². The number of aromatic nitrogens is 1. The van der Waals surface area contributed by atoms with Crippen LogP contribution in [0, 0.1) is 0 Å². The Morgan fingerprint density at radius 1 is 1.07 bits per heavy atom. The van der Waals surface area contributed by atoms with Crippen molar-refractivity contribution >= 4 is 22.4 Å². The molecule has 5 rings (SSSR count). The number of ether oxygens (including phenoxy) is 2. The minimum absolute atomic E-state index is 0.195. The number of pyridine rings is 1. The molecule has 146 valence electrons. The summed E-state index contributed by atoms with van der Waals surface area (Å²) in [4.78, 5) is 17.7. The van der Waals surface area contributed by atoms with Crippen molar-refractivity contribution in [3.8, 4) is 11.5 Å². The molecule has 1 unspecified atom stereocenters. The first kappa shape index (κ1) is 17.7. The number of carbonyl (C=O) groups is 1. The summed E-state index contributed by atoms with van der Waals surface area (Å²) in [7, 11) is 3.31. The number of fused-ring (bicyclic) bond motifs is 3. The first-order valence-electron chi connectivity index (χ1n) is 9.84. The number of carbonyl (C=O) groups excluding carboxylic acids is 1. The molecule has 5 heteroatoms. The van der Waals surface area contributed by atoms with Crippen molar-refractivity contribution in [1.29, 1.82) is 0 Å². The molecule has 1 N–H and O–H groups in total. The summed E-state index contributed by atoms with van der Waals surface area (Å²) >= 11 is 0. The highest BCUT2D eigenvalue weighted by atomic mass is 16.5. The lowest BCUT2D eigenvalue weighted by Gasteiger charge is -2.35. The summed E-state index contributed by atoms with van der Waals surface area (Å²) in [6, 6.07) is 13.9. The number of hydrogen-bond acceptors (Lipinski definition) is 5. The molecular formula is C24H22N2O3. The van der Waals surface area contributed by atoms with Gasteiger partial charge in [0.1, 0.15) is 11.5 Å². The number of rotatable bonds is 3. The Kier molecular flexibility index (Phi) is 4.23. The van der Waals surface area contributed by atoms with Crippen LogP contribution in [-0.4, -0.2) is 25.0 Å². The lowest BCUT2D eigenvalue weighted by atomic mass is 9.74. The SMILES string of the molecule is COc1ccc(OC)c(C2C3=C(CCCC3=O)Nc3ccc4ncccc4c32)c1. The number of allylic oxidation sites excluding steroid dienone is 2. The van der Waals surface area contributed by atoms with E-state index in [0.29, 0.717) is 6.42 Å². The average molecular weight is 386 g/mol. The Hall–Kier alpha value is -3.34. The topological polar surface area (TPSA) is 60.5 Å². The van der Waals surface area contributed by atoms with Gasteiger partial charge < -0.3 is 14.8 Å². The molecule has 0 saturated carbocycles. The second-order valence-corrected chi connectivity index (χ2v) is 7.43. The van der Waals surface area contributed by atoms with Crippen LogP contribution in [0.15, 0.2) is 59.9 Å². The van der Waals surface area contributed by atoms with Gasteiger partial charge in [-0.25, -0.2) is 0 Å². The number of Topliss-reactive ketones (excluding diaryl/α,β-unsaturated/α-hetero) is 1. The number of nitrogens with one attached hydrogen (secondary N) is 1. The van der Waals surface area contributed by atoms with Gasteiger partial charge in [0.25, 0.3) is 0 Å². The average Bonchev–Trinajstić information content (AvgIpc) is 2.77. The zero-order valence-electron chi connectivity index (χ0n) is 16.5. The molecular weight excluding hydrogens is 364 g/mol. The molecule has 2 aromatic carbocycles. The second kappa shape index (κ2) is 6.92. The summed E-state index contributed by atoms with van der Waals surface area (Å²) in [6.07, 6.45) is 4.11. The number of ketones is 1. The van der Waals surface area contributed by atoms with E-state index in [0.717, 1.165) is 63.3 Å². The van der Waals surface area contributed by atoms with Gasteiger partial charge in [0.15, 0.2) is 5.78 Å². The quantitative estimate of drug-likeness (QED) is 0.700. The van der Waals surface area contributed by atoms with Crippen LogP contribution in [0.4, 0.5) is 5.69 Å². The van der Waals surface area contributed by atoms with Crippen molar-refractivity contribution in [2.45, 2.75) is 25.2 Å². The minimum Gasteiger partial charge on any atom is -0.497 e. The minimum atomic E-state index is -0.230. The highest BCUT2D eigenvalue weighted by molar-refractivity contribution is 6.03. The molecule has 5 nitrogen and oxygen atoms in total. The maximum atomic E-state index is 13.1.